The summed E-state index contributed by atoms with van der Waals surface area (Å²) < 4.78 is 0. The third-order valence-electron chi connectivity index (χ3n) is 6.60. The third-order valence-corrected chi connectivity index (χ3v) is 6.60. The summed E-state index contributed by atoms with van der Waals surface area (Å²) >= 11 is 0. The van der Waals surface area contributed by atoms with Crippen LogP contribution in [0.2, 0.25) is 0 Å². The molecule has 1 heteroatoms. The molecule has 0 spiro atoms. The summed E-state index contributed by atoms with van der Waals surface area (Å²) in [6.45, 7) is 2.31. The van der Waals surface area contributed by atoms with Gasteiger partial charge in [-0.1, -0.05) is 64.4 Å². The predicted molar refractivity (Wildman–Crippen MR) is 99.0 cm³/mol. The van der Waals surface area contributed by atoms with Crippen molar-refractivity contribution in [3.63, 3.8) is 0 Å². The van der Waals surface area contributed by atoms with Gasteiger partial charge in [-0.15, -0.1) is 0 Å². The Hall–Kier alpha value is -0.770. The summed E-state index contributed by atoms with van der Waals surface area (Å²) in [5.41, 5.74) is 0. The number of hydrogen-bond donors (Lipinski definition) is 0. The van der Waals surface area contributed by atoms with E-state index < -0.39 is 0 Å². The Labute approximate surface area is 144 Å². The van der Waals surface area contributed by atoms with Gasteiger partial charge >= 0.3 is 0 Å². The number of hydrogen-bond acceptors (Lipinski definition) is 1. The van der Waals surface area contributed by atoms with Gasteiger partial charge < -0.3 is 0 Å². The normalized spacial score (nSPS) is 32.0. The van der Waals surface area contributed by atoms with E-state index in [1.54, 1.807) is 6.08 Å². The molecule has 0 radical (unpaired) electrons. The Morgan fingerprint density at radius 3 is 1.91 bits per heavy atom. The van der Waals surface area contributed by atoms with Gasteiger partial charge in [0.1, 0.15) is 0 Å². The van der Waals surface area contributed by atoms with Crippen LogP contribution in [0, 0.1) is 35.0 Å². The van der Waals surface area contributed by atoms with Crippen molar-refractivity contribution in [1.82, 2.24) is 0 Å². The van der Waals surface area contributed by atoms with Crippen molar-refractivity contribution < 1.29 is 0 Å². The highest BCUT2D eigenvalue weighted by Gasteiger charge is 2.30. The molecule has 2 fully saturated rings. The van der Waals surface area contributed by atoms with Crippen LogP contribution in [-0.4, -0.2) is 0 Å². The molecule has 0 bridgehead atoms. The molecule has 0 aromatic rings. The van der Waals surface area contributed by atoms with Crippen molar-refractivity contribution in [2.45, 2.75) is 96.8 Å². The van der Waals surface area contributed by atoms with Gasteiger partial charge in [0, 0.05) is 6.08 Å². The molecule has 0 aliphatic heterocycles. The lowest BCUT2D eigenvalue weighted by Gasteiger charge is -2.38. The maximum Gasteiger partial charge on any atom is 0.0908 e. The first-order valence-electron chi connectivity index (χ1n) is 10.4. The van der Waals surface area contributed by atoms with E-state index in [4.69, 9.17) is 5.26 Å². The molecule has 0 N–H and O–H groups in total. The molecule has 2 rings (SSSR count). The zero-order valence-corrected chi connectivity index (χ0v) is 15.3. The van der Waals surface area contributed by atoms with Gasteiger partial charge in [-0.3, -0.25) is 0 Å². The van der Waals surface area contributed by atoms with E-state index in [1.165, 1.54) is 83.5 Å². The summed E-state index contributed by atoms with van der Waals surface area (Å²) in [7, 11) is 0. The van der Waals surface area contributed by atoms with Crippen molar-refractivity contribution in [2.24, 2.45) is 23.7 Å². The van der Waals surface area contributed by atoms with Gasteiger partial charge in [0.2, 0.25) is 0 Å². The lowest BCUT2D eigenvalue weighted by atomic mass is 9.68. The van der Waals surface area contributed by atoms with Gasteiger partial charge in [-0.2, -0.15) is 5.26 Å². The first-order valence-corrected chi connectivity index (χ1v) is 10.4. The molecular weight excluding hydrogens is 278 g/mol. The first kappa shape index (κ1) is 18.6. The lowest BCUT2D eigenvalue weighted by Crippen LogP contribution is -2.25. The van der Waals surface area contributed by atoms with E-state index in [0.29, 0.717) is 0 Å². The Morgan fingerprint density at radius 2 is 1.39 bits per heavy atom. The second-order valence-electron chi connectivity index (χ2n) is 8.17. The van der Waals surface area contributed by atoms with Gasteiger partial charge in [-0.25, -0.2) is 0 Å². The number of unbranched alkanes of at least 4 members (excludes halogenated alkanes) is 2. The van der Waals surface area contributed by atoms with Gasteiger partial charge in [0.05, 0.1) is 6.07 Å². The van der Waals surface area contributed by atoms with Gasteiger partial charge in [-0.05, 0) is 62.2 Å². The van der Waals surface area contributed by atoms with Crippen molar-refractivity contribution >= 4 is 0 Å². The van der Waals surface area contributed by atoms with Crippen LogP contribution in [0.25, 0.3) is 0 Å². The van der Waals surface area contributed by atoms with E-state index in [9.17, 15) is 0 Å². The number of rotatable bonds is 8. The van der Waals surface area contributed by atoms with E-state index >= 15 is 0 Å². The van der Waals surface area contributed by atoms with Crippen LogP contribution in [0.4, 0.5) is 0 Å². The highest BCUT2D eigenvalue weighted by atomic mass is 14.4. The second-order valence-corrected chi connectivity index (χ2v) is 8.17. The molecule has 2 saturated carbocycles. The maximum absolute atomic E-state index is 8.52. The monoisotopic (exact) mass is 315 g/mol. The van der Waals surface area contributed by atoms with Crippen molar-refractivity contribution in [2.75, 3.05) is 0 Å². The standard InChI is InChI=1S/C22H37N/c1-2-3-5-8-19-10-14-21(15-11-19)22-16-12-20(13-17-22)9-6-4-7-18-23/h4,7,19-22H,2-3,5-6,8-17H2,1H3/t19-,20-,21-,22-. The fourth-order valence-corrected chi connectivity index (χ4v) is 5.05. The molecule has 1 nitrogen and oxygen atoms in total. The molecular formula is C22H37N. The van der Waals surface area contributed by atoms with E-state index in [-0.39, 0.29) is 0 Å². The molecule has 0 amide bonds. The number of nitriles is 1. The Morgan fingerprint density at radius 1 is 0.826 bits per heavy atom. The van der Waals surface area contributed by atoms with Crippen molar-refractivity contribution in [1.29, 1.82) is 5.26 Å². The quantitative estimate of drug-likeness (QED) is 0.348. The van der Waals surface area contributed by atoms with Crippen LogP contribution >= 0.6 is 0 Å². The molecule has 0 atom stereocenters. The molecule has 23 heavy (non-hydrogen) atoms. The highest BCUT2D eigenvalue weighted by Crippen LogP contribution is 2.43. The number of nitrogens with zero attached hydrogens (tertiary/aromatic N) is 1. The highest BCUT2D eigenvalue weighted by molar-refractivity contribution is 5.01. The average Bonchev–Trinajstić information content (AvgIpc) is 2.60. The van der Waals surface area contributed by atoms with Crippen LogP contribution in [0.1, 0.15) is 96.8 Å². The Kier molecular flexibility index (Phi) is 8.80. The zero-order valence-electron chi connectivity index (χ0n) is 15.3. The topological polar surface area (TPSA) is 23.8 Å². The maximum atomic E-state index is 8.52. The van der Waals surface area contributed by atoms with Crippen LogP contribution in [-0.2, 0) is 0 Å². The Bertz CT molecular complexity index is 362. The molecule has 0 heterocycles. The van der Waals surface area contributed by atoms with Gasteiger partial charge in [0.15, 0.2) is 0 Å². The lowest BCUT2D eigenvalue weighted by molar-refractivity contribution is 0.140. The van der Waals surface area contributed by atoms with E-state index in [2.05, 4.69) is 13.0 Å². The van der Waals surface area contributed by atoms with Crippen molar-refractivity contribution in [3.8, 4) is 6.07 Å². The summed E-state index contributed by atoms with van der Waals surface area (Å²) in [5.74, 6) is 4.08. The fraction of sp³-hybridized carbons (Fsp3) is 0.864. The molecule has 0 saturated heterocycles. The number of allylic oxidation sites excluding steroid dienone is 2. The summed E-state index contributed by atoms with van der Waals surface area (Å²) in [5, 5.41) is 8.52. The van der Waals surface area contributed by atoms with Crippen LogP contribution in [0.3, 0.4) is 0 Å². The molecule has 2 aliphatic rings. The van der Waals surface area contributed by atoms with Crippen LogP contribution in [0.5, 0.6) is 0 Å². The molecule has 130 valence electrons. The third kappa shape index (κ3) is 6.70. The zero-order chi connectivity index (χ0) is 16.3. The molecule has 0 aromatic heterocycles. The average molecular weight is 316 g/mol. The van der Waals surface area contributed by atoms with Gasteiger partial charge in [0.25, 0.3) is 0 Å². The molecule has 2 aliphatic carbocycles. The second kappa shape index (κ2) is 10.9. The minimum atomic E-state index is 0.931. The summed E-state index contributed by atoms with van der Waals surface area (Å²) in [6.07, 6.45) is 23.8. The molecule has 0 unspecified atom stereocenters. The van der Waals surface area contributed by atoms with E-state index in [0.717, 1.165) is 30.1 Å². The summed E-state index contributed by atoms with van der Waals surface area (Å²) in [6, 6.07) is 2.09. The minimum absolute atomic E-state index is 0.931. The summed E-state index contributed by atoms with van der Waals surface area (Å²) in [4.78, 5) is 0. The SMILES string of the molecule is CCCCC[C@H]1CC[C@H]([C@H]2CC[C@H](CCC=CC#N)CC2)CC1. The molecule has 0 aromatic carbocycles. The Balaban J connectivity index is 1.59. The smallest absolute Gasteiger partial charge is 0.0908 e. The first-order chi connectivity index (χ1) is 11.3. The van der Waals surface area contributed by atoms with Crippen LogP contribution < -0.4 is 0 Å². The predicted octanol–water partition coefficient (Wildman–Crippen LogP) is 7.04. The largest absolute Gasteiger partial charge is 0.193 e. The fourth-order valence-electron chi connectivity index (χ4n) is 5.05. The van der Waals surface area contributed by atoms with E-state index in [1.807, 2.05) is 6.08 Å². The van der Waals surface area contributed by atoms with Crippen molar-refractivity contribution in [3.05, 3.63) is 12.2 Å². The van der Waals surface area contributed by atoms with Crippen LogP contribution in [0.15, 0.2) is 12.2 Å². The minimum Gasteiger partial charge on any atom is -0.193 e.